The van der Waals surface area contributed by atoms with Crippen LogP contribution >= 0.6 is 11.3 Å². The number of methoxy groups -OCH3 is 1. The molecule has 0 saturated heterocycles. The minimum Gasteiger partial charge on any atom is -0.468 e. The zero-order valence-electron chi connectivity index (χ0n) is 9.40. The van der Waals surface area contributed by atoms with Gasteiger partial charge in [0.15, 0.2) is 0 Å². The summed E-state index contributed by atoms with van der Waals surface area (Å²) >= 11 is 1.71. The van der Waals surface area contributed by atoms with E-state index in [-0.39, 0.29) is 5.97 Å². The van der Waals surface area contributed by atoms with Gasteiger partial charge in [0.25, 0.3) is 0 Å². The van der Waals surface area contributed by atoms with Crippen molar-refractivity contribution in [2.75, 3.05) is 13.7 Å². The summed E-state index contributed by atoms with van der Waals surface area (Å²) < 4.78 is 4.67. The average Bonchev–Trinajstić information content (AvgIpc) is 2.69. The molecule has 4 heteroatoms. The summed E-state index contributed by atoms with van der Waals surface area (Å²) in [5.41, 5.74) is 0. The Kier molecular flexibility index (Phi) is 4.78. The van der Waals surface area contributed by atoms with Crippen LogP contribution in [-0.4, -0.2) is 30.6 Å². The molecule has 1 rings (SSSR count). The molecule has 0 radical (unpaired) electrons. The Labute approximate surface area is 94.7 Å². The smallest absolute Gasteiger partial charge is 0.319 e. The molecule has 0 unspecified atom stereocenters. The summed E-state index contributed by atoms with van der Waals surface area (Å²) in [6.07, 6.45) is 0. The molecule has 0 N–H and O–H groups in total. The molecule has 1 aromatic heterocycles. The third-order valence-electron chi connectivity index (χ3n) is 2.23. The van der Waals surface area contributed by atoms with Gasteiger partial charge in [0.1, 0.15) is 0 Å². The quantitative estimate of drug-likeness (QED) is 0.722. The Bertz CT molecular complexity index is 296. The van der Waals surface area contributed by atoms with E-state index in [9.17, 15) is 4.79 Å². The van der Waals surface area contributed by atoms with Crippen molar-refractivity contribution in [3.8, 4) is 0 Å². The molecule has 84 valence electrons. The zero-order valence-corrected chi connectivity index (χ0v) is 10.2. The van der Waals surface area contributed by atoms with Crippen LogP contribution < -0.4 is 0 Å². The van der Waals surface area contributed by atoms with Crippen molar-refractivity contribution in [2.45, 2.75) is 26.4 Å². The lowest BCUT2D eigenvalue weighted by molar-refractivity contribution is -0.142. The fourth-order valence-corrected chi connectivity index (χ4v) is 1.98. The Hall–Kier alpha value is -0.870. The zero-order chi connectivity index (χ0) is 11.3. The Balaban J connectivity index is 2.55. The third kappa shape index (κ3) is 4.01. The molecular formula is C11H17NO2S. The molecular weight excluding hydrogens is 210 g/mol. The lowest BCUT2D eigenvalue weighted by Gasteiger charge is -2.24. The maximum absolute atomic E-state index is 11.2. The van der Waals surface area contributed by atoms with Gasteiger partial charge in [-0.1, -0.05) is 6.07 Å². The number of esters is 1. The van der Waals surface area contributed by atoms with E-state index in [4.69, 9.17) is 0 Å². The van der Waals surface area contributed by atoms with Crippen LogP contribution in [0.25, 0.3) is 0 Å². The van der Waals surface area contributed by atoms with Gasteiger partial charge in [-0.15, -0.1) is 11.3 Å². The van der Waals surface area contributed by atoms with Crippen molar-refractivity contribution in [3.63, 3.8) is 0 Å². The third-order valence-corrected chi connectivity index (χ3v) is 3.09. The van der Waals surface area contributed by atoms with Gasteiger partial charge >= 0.3 is 5.97 Å². The molecule has 15 heavy (non-hydrogen) atoms. The summed E-state index contributed by atoms with van der Waals surface area (Å²) in [5, 5.41) is 2.05. The Morgan fingerprint density at radius 2 is 2.33 bits per heavy atom. The highest BCUT2D eigenvalue weighted by Crippen LogP contribution is 2.13. The van der Waals surface area contributed by atoms with E-state index < -0.39 is 0 Å². The van der Waals surface area contributed by atoms with Gasteiger partial charge in [-0.05, 0) is 25.3 Å². The van der Waals surface area contributed by atoms with Crippen molar-refractivity contribution >= 4 is 17.3 Å². The van der Waals surface area contributed by atoms with Crippen LogP contribution in [0, 0.1) is 0 Å². The predicted molar refractivity (Wildman–Crippen MR) is 61.9 cm³/mol. The number of rotatable bonds is 5. The monoisotopic (exact) mass is 227 g/mol. The predicted octanol–water partition coefficient (Wildman–Crippen LogP) is 2.13. The van der Waals surface area contributed by atoms with E-state index in [2.05, 4.69) is 29.6 Å². The molecule has 0 amide bonds. The molecule has 0 aliphatic heterocycles. The number of hydrogen-bond donors (Lipinski definition) is 0. The molecule has 0 saturated carbocycles. The number of carbonyl (C=O) groups excluding carboxylic acids is 1. The van der Waals surface area contributed by atoms with Gasteiger partial charge in [-0.25, -0.2) is 0 Å². The van der Waals surface area contributed by atoms with E-state index >= 15 is 0 Å². The molecule has 0 aliphatic carbocycles. The molecule has 0 aliphatic rings. The number of hydrogen-bond acceptors (Lipinski definition) is 4. The maximum atomic E-state index is 11.2. The van der Waals surface area contributed by atoms with Gasteiger partial charge in [-0.2, -0.15) is 0 Å². The average molecular weight is 227 g/mol. The van der Waals surface area contributed by atoms with Gasteiger partial charge in [0.2, 0.25) is 0 Å². The fraction of sp³-hybridized carbons (Fsp3) is 0.545. The van der Waals surface area contributed by atoms with E-state index in [0.29, 0.717) is 12.6 Å². The summed E-state index contributed by atoms with van der Waals surface area (Å²) in [5.74, 6) is -0.180. The largest absolute Gasteiger partial charge is 0.468 e. The maximum Gasteiger partial charge on any atom is 0.319 e. The normalized spacial score (nSPS) is 11.0. The minimum absolute atomic E-state index is 0.180. The van der Waals surface area contributed by atoms with Crippen molar-refractivity contribution < 1.29 is 9.53 Å². The fourth-order valence-electron chi connectivity index (χ4n) is 1.25. The Morgan fingerprint density at radius 3 is 2.80 bits per heavy atom. The highest BCUT2D eigenvalue weighted by molar-refractivity contribution is 7.09. The molecule has 0 aromatic carbocycles. The number of nitrogens with zero attached hydrogens (tertiary/aromatic N) is 1. The summed E-state index contributed by atoms with van der Waals surface area (Å²) in [4.78, 5) is 14.6. The first-order chi connectivity index (χ1) is 7.13. The summed E-state index contributed by atoms with van der Waals surface area (Å²) in [6.45, 7) is 5.32. The van der Waals surface area contributed by atoms with E-state index in [0.717, 1.165) is 6.54 Å². The Morgan fingerprint density at radius 1 is 1.60 bits per heavy atom. The van der Waals surface area contributed by atoms with Crippen molar-refractivity contribution in [3.05, 3.63) is 22.4 Å². The van der Waals surface area contributed by atoms with Crippen molar-refractivity contribution in [2.24, 2.45) is 0 Å². The van der Waals surface area contributed by atoms with Crippen LogP contribution in [0.2, 0.25) is 0 Å². The van der Waals surface area contributed by atoms with E-state index in [1.54, 1.807) is 11.3 Å². The molecule has 0 spiro atoms. The second-order valence-corrected chi connectivity index (χ2v) is 4.69. The first kappa shape index (κ1) is 12.2. The SMILES string of the molecule is COC(=O)CN(Cc1cccs1)C(C)C. The summed E-state index contributed by atoms with van der Waals surface area (Å²) in [7, 11) is 1.42. The molecule has 0 atom stereocenters. The van der Waals surface area contributed by atoms with E-state index in [1.165, 1.54) is 12.0 Å². The first-order valence-corrected chi connectivity index (χ1v) is 5.84. The minimum atomic E-state index is -0.180. The van der Waals surface area contributed by atoms with Gasteiger partial charge in [-0.3, -0.25) is 9.69 Å². The van der Waals surface area contributed by atoms with Crippen LogP contribution in [0.4, 0.5) is 0 Å². The second-order valence-electron chi connectivity index (χ2n) is 3.65. The van der Waals surface area contributed by atoms with Crippen LogP contribution in [0.15, 0.2) is 17.5 Å². The summed E-state index contributed by atoms with van der Waals surface area (Å²) in [6, 6.07) is 4.44. The number of carbonyl (C=O) groups is 1. The molecule has 1 heterocycles. The standard InChI is InChI=1S/C11H17NO2S/c1-9(2)12(8-11(13)14-3)7-10-5-4-6-15-10/h4-6,9H,7-8H2,1-3H3. The number of ether oxygens (including phenoxy) is 1. The van der Waals surface area contributed by atoms with Crippen LogP contribution in [0.3, 0.4) is 0 Å². The van der Waals surface area contributed by atoms with Crippen molar-refractivity contribution in [1.29, 1.82) is 0 Å². The molecule has 0 bridgehead atoms. The highest BCUT2D eigenvalue weighted by Gasteiger charge is 2.14. The van der Waals surface area contributed by atoms with E-state index in [1.807, 2.05) is 11.4 Å². The van der Waals surface area contributed by atoms with Gasteiger partial charge < -0.3 is 4.74 Å². The van der Waals surface area contributed by atoms with Crippen LogP contribution in [0.5, 0.6) is 0 Å². The van der Waals surface area contributed by atoms with Gasteiger partial charge in [0, 0.05) is 17.5 Å². The lowest BCUT2D eigenvalue weighted by Crippen LogP contribution is -2.35. The molecule has 0 fully saturated rings. The van der Waals surface area contributed by atoms with Crippen molar-refractivity contribution in [1.82, 2.24) is 4.90 Å². The van der Waals surface area contributed by atoms with Crippen LogP contribution in [-0.2, 0) is 16.1 Å². The molecule has 1 aromatic rings. The van der Waals surface area contributed by atoms with Crippen LogP contribution in [0.1, 0.15) is 18.7 Å². The van der Waals surface area contributed by atoms with Gasteiger partial charge in [0.05, 0.1) is 13.7 Å². The first-order valence-electron chi connectivity index (χ1n) is 4.96. The topological polar surface area (TPSA) is 29.5 Å². The second kappa shape index (κ2) is 5.88. The lowest BCUT2D eigenvalue weighted by atomic mass is 10.3. The highest BCUT2D eigenvalue weighted by atomic mass is 32.1. The molecule has 3 nitrogen and oxygen atoms in total. The number of thiophene rings is 1.